The molecule has 22 heavy (non-hydrogen) atoms. The Bertz CT molecular complexity index is 660. The number of benzene rings is 1. The summed E-state index contributed by atoms with van der Waals surface area (Å²) in [5.41, 5.74) is 0.366. The molecule has 1 unspecified atom stereocenters. The zero-order chi connectivity index (χ0) is 16.1. The van der Waals surface area contributed by atoms with Crippen molar-refractivity contribution in [3.8, 4) is 11.6 Å². The van der Waals surface area contributed by atoms with Crippen LogP contribution in [0.2, 0.25) is 10.0 Å². The summed E-state index contributed by atoms with van der Waals surface area (Å²) in [4.78, 5) is 15.8. The maximum absolute atomic E-state index is 11.8. The van der Waals surface area contributed by atoms with E-state index in [1.807, 2.05) is 0 Å². The smallest absolute Gasteiger partial charge is 0.252 e. The summed E-state index contributed by atoms with van der Waals surface area (Å²) in [6.07, 6.45) is 0.773. The van der Waals surface area contributed by atoms with Gasteiger partial charge in [-0.15, -0.1) is 0 Å². The van der Waals surface area contributed by atoms with Crippen molar-refractivity contribution in [1.29, 1.82) is 0 Å². The van der Waals surface area contributed by atoms with Gasteiger partial charge >= 0.3 is 0 Å². The van der Waals surface area contributed by atoms with Gasteiger partial charge in [0.25, 0.3) is 5.91 Å². The summed E-state index contributed by atoms with van der Waals surface area (Å²) in [5, 5.41) is 12.4. The van der Waals surface area contributed by atoms with Crippen molar-refractivity contribution in [1.82, 2.24) is 10.3 Å². The topological polar surface area (TPSA) is 71.5 Å². The summed E-state index contributed by atoms with van der Waals surface area (Å²) in [5.74, 6) is 0.352. The highest BCUT2D eigenvalue weighted by Gasteiger charge is 2.10. The number of aliphatic hydroxyl groups is 1. The van der Waals surface area contributed by atoms with Gasteiger partial charge in [0, 0.05) is 18.8 Å². The average Bonchev–Trinajstić information content (AvgIpc) is 2.50. The van der Waals surface area contributed by atoms with Gasteiger partial charge in [0.2, 0.25) is 5.88 Å². The maximum Gasteiger partial charge on any atom is 0.252 e. The SMILES string of the molecule is CC(O)CNC(=O)c1ccc(Oc2cccc(Cl)c2Cl)nc1. The molecule has 0 aliphatic rings. The minimum Gasteiger partial charge on any atom is -0.437 e. The number of hydrogen-bond donors (Lipinski definition) is 2. The lowest BCUT2D eigenvalue weighted by Crippen LogP contribution is -2.30. The number of ether oxygens (including phenoxy) is 1. The average molecular weight is 341 g/mol. The van der Waals surface area contributed by atoms with Crippen LogP contribution >= 0.6 is 23.2 Å². The molecular weight excluding hydrogens is 327 g/mol. The Morgan fingerprint density at radius 2 is 2.14 bits per heavy atom. The molecule has 1 aromatic heterocycles. The minimum atomic E-state index is -0.607. The minimum absolute atomic E-state index is 0.176. The largest absolute Gasteiger partial charge is 0.437 e. The van der Waals surface area contributed by atoms with Crippen LogP contribution in [0.3, 0.4) is 0 Å². The number of aliphatic hydroxyl groups excluding tert-OH is 1. The molecule has 0 saturated carbocycles. The highest BCUT2D eigenvalue weighted by molar-refractivity contribution is 6.42. The van der Waals surface area contributed by atoms with Gasteiger partial charge in [0.1, 0.15) is 10.8 Å². The zero-order valence-electron chi connectivity index (χ0n) is 11.7. The van der Waals surface area contributed by atoms with E-state index in [9.17, 15) is 4.79 Å². The molecule has 7 heteroatoms. The van der Waals surface area contributed by atoms with Gasteiger partial charge in [0.15, 0.2) is 0 Å². The normalized spacial score (nSPS) is 11.8. The number of carbonyl (C=O) groups is 1. The summed E-state index contributed by atoms with van der Waals surface area (Å²) >= 11 is 11.9. The molecule has 1 aromatic carbocycles. The summed E-state index contributed by atoms with van der Waals surface area (Å²) in [7, 11) is 0. The van der Waals surface area contributed by atoms with Crippen LogP contribution in [0.5, 0.6) is 11.6 Å². The van der Waals surface area contributed by atoms with Crippen molar-refractivity contribution in [2.75, 3.05) is 6.54 Å². The Morgan fingerprint density at radius 3 is 2.77 bits per heavy atom. The number of hydrogen-bond acceptors (Lipinski definition) is 4. The van der Waals surface area contributed by atoms with Crippen molar-refractivity contribution in [2.24, 2.45) is 0 Å². The van der Waals surface area contributed by atoms with E-state index in [0.717, 1.165) is 0 Å². The second-order valence-electron chi connectivity index (χ2n) is 4.60. The van der Waals surface area contributed by atoms with E-state index in [2.05, 4.69) is 10.3 Å². The highest BCUT2D eigenvalue weighted by Crippen LogP contribution is 2.33. The molecule has 2 aromatic rings. The molecule has 0 fully saturated rings. The van der Waals surface area contributed by atoms with E-state index >= 15 is 0 Å². The Kier molecular flexibility index (Phi) is 5.60. The molecule has 0 radical (unpaired) electrons. The van der Waals surface area contributed by atoms with Crippen LogP contribution in [0.1, 0.15) is 17.3 Å². The molecule has 2 N–H and O–H groups in total. The maximum atomic E-state index is 11.8. The van der Waals surface area contributed by atoms with Crippen molar-refractivity contribution in [3.05, 3.63) is 52.1 Å². The van der Waals surface area contributed by atoms with E-state index in [4.69, 9.17) is 33.0 Å². The first-order chi connectivity index (χ1) is 10.5. The van der Waals surface area contributed by atoms with Gasteiger partial charge < -0.3 is 15.2 Å². The molecule has 0 aliphatic heterocycles. The molecular formula is C15H14Cl2N2O3. The van der Waals surface area contributed by atoms with Gasteiger partial charge in [-0.2, -0.15) is 0 Å². The number of pyridine rings is 1. The second kappa shape index (κ2) is 7.45. The van der Waals surface area contributed by atoms with E-state index in [0.29, 0.717) is 21.4 Å². The van der Waals surface area contributed by atoms with Crippen molar-refractivity contribution in [3.63, 3.8) is 0 Å². The van der Waals surface area contributed by atoms with Gasteiger partial charge in [0.05, 0.1) is 16.7 Å². The fourth-order valence-corrected chi connectivity index (χ4v) is 1.92. The molecule has 1 heterocycles. The molecule has 5 nitrogen and oxygen atoms in total. The summed E-state index contributed by atoms with van der Waals surface area (Å²) < 4.78 is 5.52. The third kappa shape index (κ3) is 4.34. The number of nitrogens with zero attached hydrogens (tertiary/aromatic N) is 1. The van der Waals surface area contributed by atoms with Crippen LogP contribution in [0.4, 0.5) is 0 Å². The van der Waals surface area contributed by atoms with E-state index in [1.165, 1.54) is 6.20 Å². The number of aromatic nitrogens is 1. The van der Waals surface area contributed by atoms with E-state index < -0.39 is 6.10 Å². The van der Waals surface area contributed by atoms with Gasteiger partial charge in [-0.25, -0.2) is 4.98 Å². The van der Waals surface area contributed by atoms with Crippen molar-refractivity contribution in [2.45, 2.75) is 13.0 Å². The third-order valence-corrected chi connectivity index (χ3v) is 3.49. The van der Waals surface area contributed by atoms with Gasteiger partial charge in [-0.3, -0.25) is 4.79 Å². The molecule has 2 rings (SSSR count). The van der Waals surface area contributed by atoms with Crippen LogP contribution < -0.4 is 10.1 Å². The van der Waals surface area contributed by atoms with Crippen molar-refractivity contribution >= 4 is 29.1 Å². The first-order valence-corrected chi connectivity index (χ1v) is 7.27. The quantitative estimate of drug-likeness (QED) is 0.875. The second-order valence-corrected chi connectivity index (χ2v) is 5.38. The summed E-state index contributed by atoms with van der Waals surface area (Å²) in [6, 6.07) is 8.15. The number of carbonyl (C=O) groups excluding carboxylic acids is 1. The standard InChI is InChI=1S/C15H14Cl2N2O3/c1-9(20)7-19-15(21)10-5-6-13(18-8-10)22-12-4-2-3-11(16)14(12)17/h2-6,8-9,20H,7H2,1H3,(H,19,21). The van der Waals surface area contributed by atoms with Crippen LogP contribution in [-0.2, 0) is 0 Å². The van der Waals surface area contributed by atoms with Gasteiger partial charge in [-0.05, 0) is 25.1 Å². The molecule has 0 spiro atoms. The van der Waals surface area contributed by atoms with E-state index in [1.54, 1.807) is 37.3 Å². The Morgan fingerprint density at radius 1 is 1.36 bits per heavy atom. The number of amides is 1. The fraction of sp³-hybridized carbons (Fsp3) is 0.200. The van der Waals surface area contributed by atoms with Crippen LogP contribution in [-0.4, -0.2) is 28.6 Å². The first-order valence-electron chi connectivity index (χ1n) is 6.51. The Hall–Kier alpha value is -1.82. The molecule has 116 valence electrons. The number of halogens is 2. The van der Waals surface area contributed by atoms with E-state index in [-0.39, 0.29) is 18.3 Å². The van der Waals surface area contributed by atoms with Crippen LogP contribution in [0.25, 0.3) is 0 Å². The highest BCUT2D eigenvalue weighted by atomic mass is 35.5. The Labute approximate surface area is 137 Å². The van der Waals surface area contributed by atoms with Crippen LogP contribution in [0.15, 0.2) is 36.5 Å². The molecule has 0 bridgehead atoms. The molecule has 1 amide bonds. The summed E-state index contributed by atoms with van der Waals surface area (Å²) in [6.45, 7) is 1.76. The van der Waals surface area contributed by atoms with Gasteiger partial charge in [-0.1, -0.05) is 29.3 Å². The predicted octanol–water partition coefficient (Wildman–Crippen LogP) is 3.29. The lowest BCUT2D eigenvalue weighted by atomic mass is 10.2. The first kappa shape index (κ1) is 16.5. The monoisotopic (exact) mass is 340 g/mol. The third-order valence-electron chi connectivity index (χ3n) is 2.69. The Balaban J connectivity index is 2.06. The molecule has 0 saturated heterocycles. The number of nitrogens with one attached hydrogen (secondary N) is 1. The lowest BCUT2D eigenvalue weighted by molar-refractivity contribution is 0.0923. The molecule has 1 atom stereocenters. The fourth-order valence-electron chi connectivity index (χ4n) is 1.59. The lowest BCUT2D eigenvalue weighted by Gasteiger charge is -2.09. The van der Waals surface area contributed by atoms with Crippen LogP contribution in [0, 0.1) is 0 Å². The van der Waals surface area contributed by atoms with Crippen molar-refractivity contribution < 1.29 is 14.6 Å². The predicted molar refractivity (Wildman–Crippen MR) is 84.8 cm³/mol. The zero-order valence-corrected chi connectivity index (χ0v) is 13.2. The number of rotatable bonds is 5. The molecule has 0 aliphatic carbocycles.